The van der Waals surface area contributed by atoms with Crippen molar-refractivity contribution >= 4 is 39.8 Å². The maximum Gasteiger partial charge on any atom is 0.246 e. The van der Waals surface area contributed by atoms with Crippen molar-refractivity contribution in [1.82, 2.24) is 14.7 Å². The van der Waals surface area contributed by atoms with E-state index in [1.54, 1.807) is 17.0 Å². The number of dihydropyridines is 1. The van der Waals surface area contributed by atoms with E-state index in [9.17, 15) is 15.3 Å². The van der Waals surface area contributed by atoms with Crippen LogP contribution < -0.4 is 0 Å². The minimum Gasteiger partial charge on any atom is -0.475 e. The highest BCUT2D eigenvalue weighted by molar-refractivity contribution is 6.36. The van der Waals surface area contributed by atoms with Gasteiger partial charge in [-0.1, -0.05) is 60.7 Å². The Hall–Kier alpha value is -4.44. The number of fused-ring (bicyclic) bond motifs is 3. The number of aliphatic imine (C=N–C) groups is 1. The van der Waals surface area contributed by atoms with Crippen LogP contribution in [0.2, 0.25) is 5.02 Å². The lowest BCUT2D eigenvalue weighted by atomic mass is 9.81. The molecule has 3 saturated heterocycles. The molecule has 1 aliphatic carbocycles. The molecule has 2 aromatic carbocycles. The molecule has 4 heterocycles. The Bertz CT molecular complexity index is 1840. The molecule has 47 heavy (non-hydrogen) atoms. The zero-order chi connectivity index (χ0) is 32.7. The number of hydrogen-bond acceptors (Lipinski definition) is 7. The van der Waals surface area contributed by atoms with E-state index in [4.69, 9.17) is 21.3 Å². The van der Waals surface area contributed by atoms with Crippen LogP contribution in [0.15, 0.2) is 83.3 Å². The first-order valence-corrected chi connectivity index (χ1v) is 16.7. The number of rotatable bonds is 6. The lowest BCUT2D eigenvalue weighted by Gasteiger charge is -2.45. The summed E-state index contributed by atoms with van der Waals surface area (Å²) < 4.78 is 23.5. The lowest BCUT2D eigenvalue weighted by molar-refractivity contribution is -0.130. The van der Waals surface area contributed by atoms with Gasteiger partial charge in [-0.15, -0.1) is 0 Å². The molecule has 240 valence electrons. The Balaban J connectivity index is 1.31. The second-order valence-electron chi connectivity index (χ2n) is 12.9. The van der Waals surface area contributed by atoms with Crippen LogP contribution in [0, 0.1) is 28.6 Å². The first-order valence-electron chi connectivity index (χ1n) is 16.3. The molecule has 2 aromatic rings. The van der Waals surface area contributed by atoms with Gasteiger partial charge in [0.25, 0.3) is 0 Å². The number of hydrogen-bond donors (Lipinski definition) is 0. The summed E-state index contributed by atoms with van der Waals surface area (Å²) in [6, 6.07) is 14.5. The van der Waals surface area contributed by atoms with Crippen LogP contribution in [0.25, 0.3) is 16.3 Å². The predicted molar refractivity (Wildman–Crippen MR) is 180 cm³/mol. The quantitative estimate of drug-likeness (QED) is 0.347. The highest BCUT2D eigenvalue weighted by Crippen LogP contribution is 2.45. The van der Waals surface area contributed by atoms with Crippen molar-refractivity contribution in [2.75, 3.05) is 39.3 Å². The number of nitrogens with zero attached hydrogens (tertiary/aromatic N) is 6. The summed E-state index contributed by atoms with van der Waals surface area (Å²) in [5.74, 6) is -1.09. The van der Waals surface area contributed by atoms with Crippen LogP contribution in [-0.2, 0) is 9.53 Å². The van der Waals surface area contributed by atoms with Gasteiger partial charge in [-0.05, 0) is 61.9 Å². The van der Waals surface area contributed by atoms with Gasteiger partial charge < -0.3 is 14.5 Å². The van der Waals surface area contributed by atoms with E-state index < -0.39 is 23.8 Å². The number of allylic oxidation sites excluding steroid dienone is 2. The fourth-order valence-electron chi connectivity index (χ4n) is 8.29. The highest BCUT2D eigenvalue weighted by Gasteiger charge is 2.47. The summed E-state index contributed by atoms with van der Waals surface area (Å²) in [5, 5.41) is 22.5. The number of benzene rings is 2. The van der Waals surface area contributed by atoms with Crippen molar-refractivity contribution in [3.63, 3.8) is 0 Å². The second kappa shape index (κ2) is 12.6. The Labute approximate surface area is 279 Å². The molecule has 10 heteroatoms. The topological polar surface area (TPSA) is 96.0 Å². The molecule has 3 atom stereocenters. The minimum atomic E-state index is -0.960. The Morgan fingerprint density at radius 2 is 1.91 bits per heavy atom. The van der Waals surface area contributed by atoms with Crippen molar-refractivity contribution in [1.29, 1.82) is 10.5 Å². The number of amides is 1. The summed E-state index contributed by atoms with van der Waals surface area (Å²) in [5.41, 5.74) is 1.86. The Morgan fingerprint density at radius 3 is 2.64 bits per heavy atom. The average molecular weight is 651 g/mol. The maximum atomic E-state index is 17.0. The Kier molecular flexibility index (Phi) is 8.38. The zero-order valence-electron chi connectivity index (χ0n) is 26.2. The maximum absolute atomic E-state index is 17.0. The summed E-state index contributed by atoms with van der Waals surface area (Å²) in [4.78, 5) is 23.7. The molecule has 0 radical (unpaired) electrons. The number of carbonyl (C=O) groups is 1. The third kappa shape index (κ3) is 5.32. The van der Waals surface area contributed by atoms with Gasteiger partial charge in [-0.2, -0.15) is 10.5 Å². The third-order valence-corrected chi connectivity index (χ3v) is 10.8. The van der Waals surface area contributed by atoms with Gasteiger partial charge in [0.2, 0.25) is 11.8 Å². The Morgan fingerprint density at radius 1 is 1.15 bits per heavy atom. The van der Waals surface area contributed by atoms with Crippen LogP contribution in [-0.4, -0.2) is 83.5 Å². The zero-order valence-corrected chi connectivity index (χ0v) is 26.9. The monoisotopic (exact) mass is 650 g/mol. The summed E-state index contributed by atoms with van der Waals surface area (Å²) in [7, 11) is 0. The molecule has 8 nitrogen and oxygen atoms in total. The molecular weight excluding hydrogens is 615 g/mol. The van der Waals surface area contributed by atoms with E-state index in [0.717, 1.165) is 49.5 Å². The van der Waals surface area contributed by atoms with Gasteiger partial charge in [0, 0.05) is 47.2 Å². The normalized spacial score (nSPS) is 25.3. The molecule has 0 N–H and O–H groups in total. The van der Waals surface area contributed by atoms with Gasteiger partial charge in [-0.25, -0.2) is 9.38 Å². The van der Waals surface area contributed by atoms with Crippen molar-refractivity contribution in [3.05, 3.63) is 88.9 Å². The smallest absolute Gasteiger partial charge is 0.246 e. The van der Waals surface area contributed by atoms with Gasteiger partial charge in [0.05, 0.1) is 24.1 Å². The number of ether oxygens (including phenoxy) is 1. The first-order chi connectivity index (χ1) is 22.9. The largest absolute Gasteiger partial charge is 0.475 e. The van der Waals surface area contributed by atoms with Crippen LogP contribution in [0.5, 0.6) is 0 Å². The SMILES string of the molecule is C=CC(=O)N1CCN(C2=C(C#N)C(OCC34CCCN3CCC4)=NC3C(F)=C(c4cccc5cccc(Cl)c45)C=CC23)C[C@@H]1CC#N. The van der Waals surface area contributed by atoms with Crippen molar-refractivity contribution in [2.24, 2.45) is 10.9 Å². The van der Waals surface area contributed by atoms with E-state index in [-0.39, 0.29) is 29.3 Å². The standard InChI is InChI=1S/C37H36ClFN6O2/c1-2-31(46)45-20-19-43(22-25(45)13-16-40)35-28-12-11-27(26-9-3-7-24-8-4-10-30(38)32(24)26)33(39)34(28)42-36(29(35)21-41)47-23-37-14-5-17-44(37)18-6-15-37/h2-4,7-12,25,28,34H,1,5-6,13-15,17-20,22-23H2/t25-,28?,34?/m0/s1. The van der Waals surface area contributed by atoms with Crippen LogP contribution >= 0.6 is 11.6 Å². The number of carbonyl (C=O) groups excluding carboxylic acids is 1. The molecular formula is C37H36ClFN6O2. The second-order valence-corrected chi connectivity index (χ2v) is 13.4. The fraction of sp³-hybridized carbons (Fsp3) is 0.405. The summed E-state index contributed by atoms with van der Waals surface area (Å²) in [6.07, 6.45) is 9.29. The van der Waals surface area contributed by atoms with Gasteiger partial charge in [-0.3, -0.25) is 9.69 Å². The van der Waals surface area contributed by atoms with Gasteiger partial charge >= 0.3 is 0 Å². The van der Waals surface area contributed by atoms with Crippen LogP contribution in [0.3, 0.4) is 0 Å². The molecule has 0 saturated carbocycles. The molecule has 2 unspecified atom stereocenters. The molecule has 4 aliphatic heterocycles. The van der Waals surface area contributed by atoms with Gasteiger partial charge in [0.15, 0.2) is 0 Å². The molecule has 0 aromatic heterocycles. The highest BCUT2D eigenvalue weighted by atomic mass is 35.5. The minimum absolute atomic E-state index is 0.0968. The number of halogens is 2. The van der Waals surface area contributed by atoms with E-state index in [1.807, 2.05) is 41.3 Å². The molecule has 0 spiro atoms. The summed E-state index contributed by atoms with van der Waals surface area (Å²) in [6.45, 7) is 7.12. The van der Waals surface area contributed by atoms with E-state index in [2.05, 4.69) is 23.6 Å². The molecule has 7 rings (SSSR count). The predicted octanol–water partition coefficient (Wildman–Crippen LogP) is 6.18. The van der Waals surface area contributed by atoms with Crippen molar-refractivity contribution in [3.8, 4) is 12.1 Å². The fourth-order valence-corrected chi connectivity index (χ4v) is 8.58. The van der Waals surface area contributed by atoms with Crippen molar-refractivity contribution < 1.29 is 13.9 Å². The van der Waals surface area contributed by atoms with Crippen LogP contribution in [0.4, 0.5) is 4.39 Å². The van der Waals surface area contributed by atoms with E-state index in [1.165, 1.54) is 6.08 Å². The first kappa shape index (κ1) is 31.2. The molecule has 1 amide bonds. The molecule has 3 fully saturated rings. The van der Waals surface area contributed by atoms with E-state index >= 15 is 4.39 Å². The van der Waals surface area contributed by atoms with Crippen molar-refractivity contribution in [2.45, 2.75) is 49.7 Å². The van der Waals surface area contributed by atoms with Gasteiger partial charge in [0.1, 0.15) is 30.1 Å². The molecule has 0 bridgehead atoms. The van der Waals surface area contributed by atoms with Crippen LogP contribution in [0.1, 0.15) is 37.7 Å². The average Bonchev–Trinajstić information content (AvgIpc) is 3.67. The number of nitriles is 2. The third-order valence-electron chi connectivity index (χ3n) is 10.5. The number of piperazine rings is 1. The lowest BCUT2D eigenvalue weighted by Crippen LogP contribution is -2.56. The summed E-state index contributed by atoms with van der Waals surface area (Å²) >= 11 is 6.66. The van der Waals surface area contributed by atoms with E-state index in [0.29, 0.717) is 48.1 Å². The molecule has 5 aliphatic rings.